The first-order chi connectivity index (χ1) is 18.4. The molecule has 0 aromatic heterocycles. The molecule has 39 heavy (non-hydrogen) atoms. The number of carbonyl (C=O) groups is 2. The molecule has 212 valence electrons. The number of benzene rings is 2. The van der Waals surface area contributed by atoms with Gasteiger partial charge in [0.05, 0.1) is 11.8 Å². The third-order valence-corrected chi connectivity index (χ3v) is 7.11. The highest BCUT2D eigenvalue weighted by molar-refractivity contribution is 5.80. The van der Waals surface area contributed by atoms with Crippen LogP contribution in [0, 0.1) is 11.8 Å². The quantitative estimate of drug-likeness (QED) is 0.459. The van der Waals surface area contributed by atoms with Crippen LogP contribution in [0.5, 0.6) is 0 Å². The zero-order valence-corrected chi connectivity index (χ0v) is 22.7. The maximum absolute atomic E-state index is 12.9. The van der Waals surface area contributed by atoms with Crippen molar-refractivity contribution < 1.29 is 27.5 Å². The summed E-state index contributed by atoms with van der Waals surface area (Å²) in [5, 5.41) is 6.29. The van der Waals surface area contributed by atoms with E-state index >= 15 is 0 Å². The molecule has 1 atom stereocenters. The molecule has 4 rings (SSSR count). The van der Waals surface area contributed by atoms with Crippen LogP contribution in [0.4, 0.5) is 35.0 Å². The molecule has 2 aromatic rings. The van der Waals surface area contributed by atoms with Gasteiger partial charge in [-0.2, -0.15) is 13.2 Å². The van der Waals surface area contributed by atoms with Gasteiger partial charge in [-0.25, -0.2) is 4.79 Å². The Morgan fingerprint density at radius 1 is 0.897 bits per heavy atom. The van der Waals surface area contributed by atoms with E-state index in [9.17, 15) is 22.8 Å². The number of nitrogens with one attached hydrogen (secondary N) is 2. The molecule has 0 spiro atoms. The van der Waals surface area contributed by atoms with E-state index in [1.54, 1.807) is 4.90 Å². The Hall–Kier alpha value is -3.43. The molecule has 0 bridgehead atoms. The van der Waals surface area contributed by atoms with Crippen molar-refractivity contribution in [3.8, 4) is 0 Å². The van der Waals surface area contributed by atoms with Crippen LogP contribution in [0.15, 0.2) is 48.5 Å². The molecule has 2 aliphatic heterocycles. The summed E-state index contributed by atoms with van der Waals surface area (Å²) in [5.41, 5.74) is 3.06. The highest BCUT2D eigenvalue weighted by atomic mass is 19.4. The molecule has 2 N–H and O–H groups in total. The van der Waals surface area contributed by atoms with Crippen LogP contribution >= 0.6 is 0 Å². The molecule has 2 aliphatic rings. The molecular weight excluding hydrogens is 509 g/mol. The highest BCUT2D eigenvalue weighted by Gasteiger charge is 2.41. The number of amides is 2. The third-order valence-electron chi connectivity index (χ3n) is 7.11. The zero-order valence-electron chi connectivity index (χ0n) is 22.7. The predicted octanol–water partition coefficient (Wildman–Crippen LogP) is 6.08. The van der Waals surface area contributed by atoms with Crippen molar-refractivity contribution in [2.75, 3.05) is 36.4 Å². The summed E-state index contributed by atoms with van der Waals surface area (Å²) in [6.45, 7) is 7.51. The monoisotopic (exact) mass is 546 g/mol. The molecule has 0 aliphatic carbocycles. The molecule has 1 unspecified atom stereocenters. The molecule has 7 nitrogen and oxygen atoms in total. The first-order valence-corrected chi connectivity index (χ1v) is 13.4. The number of anilines is 3. The van der Waals surface area contributed by atoms with E-state index in [2.05, 4.69) is 10.6 Å². The van der Waals surface area contributed by atoms with Crippen molar-refractivity contribution in [3.05, 3.63) is 54.1 Å². The lowest BCUT2D eigenvalue weighted by Gasteiger charge is -2.34. The Balaban J connectivity index is 1.21. The Kier molecular flexibility index (Phi) is 8.61. The zero-order chi connectivity index (χ0) is 28.2. The van der Waals surface area contributed by atoms with Crippen LogP contribution in [0.25, 0.3) is 0 Å². The van der Waals surface area contributed by atoms with Gasteiger partial charge in [0.15, 0.2) is 0 Å². The second kappa shape index (κ2) is 11.8. The lowest BCUT2D eigenvalue weighted by molar-refractivity contribution is -0.179. The molecule has 0 saturated carbocycles. The molecule has 2 fully saturated rings. The number of rotatable bonds is 6. The van der Waals surface area contributed by atoms with Gasteiger partial charge in [0.1, 0.15) is 5.60 Å². The van der Waals surface area contributed by atoms with Crippen molar-refractivity contribution in [3.63, 3.8) is 0 Å². The molecule has 10 heteroatoms. The number of piperidine rings is 1. The predicted molar refractivity (Wildman–Crippen MR) is 145 cm³/mol. The van der Waals surface area contributed by atoms with E-state index in [0.717, 1.165) is 22.6 Å². The Bertz CT molecular complexity index is 1120. The standard InChI is InChI=1S/C29H37F3N4O3/c1-28(2,3)39-27(38)36-15-12-21(19-36)26(37)33-18-20-4-6-23(7-5-20)34-24-8-10-25(11-9-24)35-16-13-22(14-17-35)29(30,31)32/h4-11,21-22,34H,12-19H2,1-3H3,(H,33,37). The van der Waals surface area contributed by atoms with Crippen molar-refractivity contribution >= 4 is 29.1 Å². The van der Waals surface area contributed by atoms with Gasteiger partial charge in [-0.1, -0.05) is 12.1 Å². The van der Waals surface area contributed by atoms with Gasteiger partial charge in [0.2, 0.25) is 5.91 Å². The molecule has 0 radical (unpaired) electrons. The first kappa shape index (κ1) is 28.6. The van der Waals surface area contributed by atoms with E-state index in [-0.39, 0.29) is 30.8 Å². The number of nitrogens with zero attached hydrogens (tertiary/aromatic N) is 2. The Morgan fingerprint density at radius 2 is 1.49 bits per heavy atom. The lowest BCUT2D eigenvalue weighted by Crippen LogP contribution is -2.38. The maximum atomic E-state index is 12.9. The number of hydrogen-bond donors (Lipinski definition) is 2. The van der Waals surface area contributed by atoms with Gasteiger partial charge in [0, 0.05) is 49.8 Å². The van der Waals surface area contributed by atoms with E-state index in [1.807, 2.05) is 74.2 Å². The van der Waals surface area contributed by atoms with Crippen LogP contribution in [0.2, 0.25) is 0 Å². The van der Waals surface area contributed by atoms with Crippen molar-refractivity contribution in [1.29, 1.82) is 0 Å². The van der Waals surface area contributed by atoms with Gasteiger partial charge in [-0.3, -0.25) is 4.79 Å². The van der Waals surface area contributed by atoms with Gasteiger partial charge >= 0.3 is 12.3 Å². The van der Waals surface area contributed by atoms with Crippen molar-refractivity contribution in [2.24, 2.45) is 11.8 Å². The summed E-state index contributed by atoms with van der Waals surface area (Å²) >= 11 is 0. The van der Waals surface area contributed by atoms with Crippen LogP contribution in [0.1, 0.15) is 45.6 Å². The fourth-order valence-corrected chi connectivity index (χ4v) is 4.89. The summed E-state index contributed by atoms with van der Waals surface area (Å²) in [6, 6.07) is 15.4. The SMILES string of the molecule is CC(C)(C)OC(=O)N1CCC(C(=O)NCc2ccc(Nc3ccc(N4CCC(C(F)(F)F)CC4)cc3)cc2)C1. The van der Waals surface area contributed by atoms with E-state index in [1.165, 1.54) is 0 Å². The molecule has 2 heterocycles. The smallest absolute Gasteiger partial charge is 0.410 e. The number of likely N-dealkylation sites (tertiary alicyclic amines) is 1. The summed E-state index contributed by atoms with van der Waals surface area (Å²) in [5.74, 6) is -1.54. The molecule has 2 aromatic carbocycles. The average Bonchev–Trinajstić information content (AvgIpc) is 3.38. The van der Waals surface area contributed by atoms with E-state index in [0.29, 0.717) is 39.1 Å². The van der Waals surface area contributed by atoms with Crippen molar-refractivity contribution in [2.45, 2.75) is 58.4 Å². The summed E-state index contributed by atoms with van der Waals surface area (Å²) in [6.07, 6.45) is -3.63. The molecular formula is C29H37F3N4O3. The number of ether oxygens (including phenoxy) is 1. The van der Waals surface area contributed by atoms with Crippen molar-refractivity contribution in [1.82, 2.24) is 10.2 Å². The van der Waals surface area contributed by atoms with Gasteiger partial charge in [-0.15, -0.1) is 0 Å². The van der Waals surface area contributed by atoms with Crippen LogP contribution in [0.3, 0.4) is 0 Å². The number of carbonyl (C=O) groups excluding carboxylic acids is 2. The Labute approximate surface area is 227 Å². The fourth-order valence-electron chi connectivity index (χ4n) is 4.89. The third kappa shape index (κ3) is 8.03. The second-order valence-corrected chi connectivity index (χ2v) is 11.3. The van der Waals surface area contributed by atoms with Gasteiger partial charge in [-0.05, 0) is 82.0 Å². The van der Waals surface area contributed by atoms with Gasteiger partial charge in [0.25, 0.3) is 0 Å². The highest BCUT2D eigenvalue weighted by Crippen LogP contribution is 2.35. The minimum atomic E-state index is -4.11. The van der Waals surface area contributed by atoms with Crippen LogP contribution in [-0.2, 0) is 16.1 Å². The van der Waals surface area contributed by atoms with Crippen LogP contribution < -0.4 is 15.5 Å². The second-order valence-electron chi connectivity index (χ2n) is 11.3. The number of hydrogen-bond acceptors (Lipinski definition) is 5. The summed E-state index contributed by atoms with van der Waals surface area (Å²) in [4.78, 5) is 28.4. The minimum absolute atomic E-state index is 0.0778. The normalized spacial score (nSPS) is 18.7. The minimum Gasteiger partial charge on any atom is -0.444 e. The average molecular weight is 547 g/mol. The summed E-state index contributed by atoms with van der Waals surface area (Å²) < 4.78 is 44.1. The number of alkyl halides is 3. The first-order valence-electron chi connectivity index (χ1n) is 13.4. The molecule has 2 amide bonds. The number of halogens is 3. The fraction of sp³-hybridized carbons (Fsp3) is 0.517. The maximum Gasteiger partial charge on any atom is 0.410 e. The Morgan fingerprint density at radius 3 is 2.05 bits per heavy atom. The summed E-state index contributed by atoms with van der Waals surface area (Å²) in [7, 11) is 0. The van der Waals surface area contributed by atoms with Crippen LogP contribution in [-0.4, -0.2) is 54.9 Å². The van der Waals surface area contributed by atoms with E-state index < -0.39 is 17.7 Å². The topological polar surface area (TPSA) is 73.9 Å². The largest absolute Gasteiger partial charge is 0.444 e. The molecule has 2 saturated heterocycles. The van der Waals surface area contributed by atoms with E-state index in [4.69, 9.17) is 4.74 Å². The van der Waals surface area contributed by atoms with Gasteiger partial charge < -0.3 is 25.2 Å². The lowest BCUT2D eigenvalue weighted by atomic mass is 9.96.